The van der Waals surface area contributed by atoms with Gasteiger partial charge in [0.1, 0.15) is 13.7 Å². The molecule has 0 N–H and O–H groups in total. The first-order chi connectivity index (χ1) is 21.3. The van der Waals surface area contributed by atoms with Crippen molar-refractivity contribution < 1.29 is 28.5 Å². The summed E-state index contributed by atoms with van der Waals surface area (Å²) in [6.07, 6.45) is 8.21. The molecule has 0 saturated heterocycles. The molecule has 1 aromatic carbocycles. The summed E-state index contributed by atoms with van der Waals surface area (Å²) in [5, 5.41) is 0.0307. The lowest BCUT2D eigenvalue weighted by Crippen LogP contribution is -2.63. The lowest BCUT2D eigenvalue weighted by atomic mass is 9.44. The van der Waals surface area contributed by atoms with Crippen molar-refractivity contribution in [1.82, 2.24) is 0 Å². The van der Waals surface area contributed by atoms with Crippen molar-refractivity contribution >= 4 is 19.8 Å². The van der Waals surface area contributed by atoms with Crippen LogP contribution in [0.3, 0.4) is 0 Å². The van der Waals surface area contributed by atoms with E-state index >= 15 is 0 Å². The van der Waals surface area contributed by atoms with Gasteiger partial charge in [-0.2, -0.15) is 0 Å². The molecule has 3 aliphatic rings. The predicted molar refractivity (Wildman–Crippen MR) is 185 cm³/mol. The van der Waals surface area contributed by atoms with Crippen LogP contribution in [0, 0.1) is 39.5 Å². The van der Waals surface area contributed by atoms with Gasteiger partial charge in [0, 0.05) is 23.3 Å². The van der Waals surface area contributed by atoms with Crippen molar-refractivity contribution in [2.24, 2.45) is 28.1 Å². The van der Waals surface area contributed by atoms with Crippen LogP contribution >= 0.6 is 0 Å². The Morgan fingerprint density at radius 2 is 1.72 bits per heavy atom. The number of carbonyl (C=O) groups is 2. The number of benzene rings is 1. The lowest BCUT2D eigenvalue weighted by Gasteiger charge is -2.60. The molecular weight excluding hydrogens is 593 g/mol. The zero-order chi connectivity index (χ0) is 34.2. The fourth-order valence-corrected chi connectivity index (χ4v) is 7.91. The summed E-state index contributed by atoms with van der Waals surface area (Å²) in [6, 6.07) is 10.0. The Balaban J connectivity index is 1.84. The topological polar surface area (TPSA) is 71.1 Å². The summed E-state index contributed by atoms with van der Waals surface area (Å²) in [5.74, 6) is 2.63. The van der Waals surface area contributed by atoms with Crippen LogP contribution in [-0.2, 0) is 35.1 Å². The van der Waals surface area contributed by atoms with Crippen LogP contribution in [0.1, 0.15) is 87.1 Å². The smallest absolute Gasteiger partial charge is 0.315 e. The number of ether oxygens (including phenoxy) is 4. The maximum absolute atomic E-state index is 14.4. The minimum Gasteiger partial charge on any atom is -0.465 e. The zero-order valence-electron chi connectivity index (χ0n) is 30.0. The average Bonchev–Trinajstić information content (AvgIpc) is 2.95. The molecule has 1 spiro atoms. The van der Waals surface area contributed by atoms with Gasteiger partial charge in [0.2, 0.25) is 5.78 Å². The standard InChI is InChI=1S/C39H56O6Si/c1-28(2)44-33-24-31-37(9,32(40)19-23-46(10,11)36(6,7)8)22-18-30-38(31,27-43-33)20-15-21-39(30,34(41)45-35(3,4)5)26-42-25-29-16-13-12-14-17-29/h12-14,16-18,22,24,28,30-31H,15,20-21,25-27H2,1-11H3/t30-,31+,37-,38-,39-/m1/s1. The van der Waals surface area contributed by atoms with E-state index in [0.717, 1.165) is 18.4 Å². The maximum Gasteiger partial charge on any atom is 0.315 e. The second-order valence-electron chi connectivity index (χ2n) is 16.7. The third-order valence-corrected chi connectivity index (χ3v) is 15.1. The average molecular weight is 649 g/mol. The molecular formula is C39H56O6Si. The fourth-order valence-electron chi connectivity index (χ4n) is 7.11. The highest BCUT2D eigenvalue weighted by molar-refractivity contribution is 6.87. The molecule has 0 aromatic heterocycles. The van der Waals surface area contributed by atoms with Crippen molar-refractivity contribution in [3.63, 3.8) is 0 Å². The van der Waals surface area contributed by atoms with E-state index in [4.69, 9.17) is 18.9 Å². The number of hydrogen-bond acceptors (Lipinski definition) is 6. The van der Waals surface area contributed by atoms with Gasteiger partial charge in [-0.1, -0.05) is 82.8 Å². The minimum atomic E-state index is -2.03. The number of hydrogen-bond donors (Lipinski definition) is 0. The van der Waals surface area contributed by atoms with Crippen LogP contribution in [0.15, 0.2) is 54.5 Å². The Morgan fingerprint density at radius 3 is 2.33 bits per heavy atom. The largest absolute Gasteiger partial charge is 0.465 e. The van der Waals surface area contributed by atoms with Gasteiger partial charge in [-0.25, -0.2) is 0 Å². The maximum atomic E-state index is 14.4. The summed E-state index contributed by atoms with van der Waals surface area (Å²) >= 11 is 0. The van der Waals surface area contributed by atoms with E-state index in [1.165, 1.54) is 0 Å². The Hall–Kier alpha value is -2.82. The monoisotopic (exact) mass is 648 g/mol. The van der Waals surface area contributed by atoms with E-state index < -0.39 is 29.9 Å². The molecule has 1 saturated carbocycles. The van der Waals surface area contributed by atoms with Crippen LogP contribution in [0.5, 0.6) is 0 Å². The molecule has 1 fully saturated rings. The van der Waals surface area contributed by atoms with Crippen LogP contribution in [-0.4, -0.2) is 44.7 Å². The first-order valence-corrected chi connectivity index (χ1v) is 19.9. The van der Waals surface area contributed by atoms with Gasteiger partial charge in [0.25, 0.3) is 5.95 Å². The molecule has 0 amide bonds. The van der Waals surface area contributed by atoms with Crippen molar-refractivity contribution in [3.8, 4) is 11.5 Å². The summed E-state index contributed by atoms with van der Waals surface area (Å²) in [5.41, 5.74) is 1.39. The molecule has 1 aliphatic heterocycles. The van der Waals surface area contributed by atoms with E-state index in [1.54, 1.807) is 0 Å². The van der Waals surface area contributed by atoms with Gasteiger partial charge < -0.3 is 18.9 Å². The Morgan fingerprint density at radius 1 is 1.04 bits per heavy atom. The second kappa shape index (κ2) is 13.0. The summed E-state index contributed by atoms with van der Waals surface area (Å²) in [7, 11) is -2.03. The van der Waals surface area contributed by atoms with Crippen molar-refractivity contribution in [3.05, 3.63) is 60.1 Å². The van der Waals surface area contributed by atoms with Crippen molar-refractivity contribution in [2.45, 2.75) is 118 Å². The molecule has 4 rings (SSSR count). The molecule has 0 bridgehead atoms. The van der Waals surface area contributed by atoms with E-state index in [2.05, 4.69) is 51.4 Å². The SMILES string of the molecule is CC(C)OC1=C[C@@H]2[C@]3(CCC[C@](COCc4ccccc4)(C(=O)OC(C)(C)C)[C@@H]3C=C[C@@]2(C)C(=O)C#C[Si](C)(C)C(C)(C)C)CO1. The molecule has 2 aliphatic carbocycles. The van der Waals surface area contributed by atoms with E-state index in [9.17, 15) is 9.59 Å². The Kier molecular flexibility index (Phi) is 10.2. The third-order valence-electron chi connectivity index (χ3n) is 10.6. The highest BCUT2D eigenvalue weighted by atomic mass is 28.3. The molecule has 5 atom stereocenters. The summed E-state index contributed by atoms with van der Waals surface area (Å²) in [6.45, 7) is 23.6. The predicted octanol–water partition coefficient (Wildman–Crippen LogP) is 8.43. The van der Waals surface area contributed by atoms with Gasteiger partial charge in [0.05, 0.1) is 36.8 Å². The minimum absolute atomic E-state index is 0.0307. The quantitative estimate of drug-likeness (QED) is 0.122. The molecule has 1 heterocycles. The van der Waals surface area contributed by atoms with E-state index in [-0.39, 0.29) is 41.3 Å². The van der Waals surface area contributed by atoms with E-state index in [1.807, 2.05) is 84.0 Å². The molecule has 6 nitrogen and oxygen atoms in total. The van der Waals surface area contributed by atoms with Crippen LogP contribution in [0.4, 0.5) is 0 Å². The number of allylic oxidation sites excluding steroid dienone is 3. The highest BCUT2D eigenvalue weighted by Gasteiger charge is 2.66. The zero-order valence-corrected chi connectivity index (χ0v) is 31.0. The molecule has 1 aromatic rings. The molecule has 0 radical (unpaired) electrons. The normalized spacial score (nSPS) is 29.3. The van der Waals surface area contributed by atoms with Crippen LogP contribution in [0.2, 0.25) is 18.1 Å². The number of rotatable bonds is 8. The fraction of sp³-hybridized carbons (Fsp3) is 0.641. The molecule has 46 heavy (non-hydrogen) atoms. The number of ketones is 1. The molecule has 0 unspecified atom stereocenters. The van der Waals surface area contributed by atoms with Crippen LogP contribution in [0.25, 0.3) is 0 Å². The summed E-state index contributed by atoms with van der Waals surface area (Å²) < 4.78 is 25.0. The van der Waals surface area contributed by atoms with Crippen molar-refractivity contribution in [2.75, 3.05) is 13.2 Å². The number of esters is 1. The lowest BCUT2D eigenvalue weighted by molar-refractivity contribution is -0.198. The number of carbonyl (C=O) groups excluding carboxylic acids is 2. The third kappa shape index (κ3) is 7.19. The van der Waals surface area contributed by atoms with E-state index in [0.29, 0.717) is 25.6 Å². The number of Topliss-reactive ketones (excluding diaryl/α,β-unsaturated/α-hetero) is 1. The van der Waals surface area contributed by atoms with Crippen molar-refractivity contribution in [1.29, 1.82) is 0 Å². The summed E-state index contributed by atoms with van der Waals surface area (Å²) in [4.78, 5) is 28.7. The first kappa shape index (κ1) is 36.0. The second-order valence-corrected chi connectivity index (χ2v) is 21.7. The Bertz CT molecular complexity index is 1400. The Labute approximate surface area is 278 Å². The van der Waals surface area contributed by atoms with Gasteiger partial charge in [0.15, 0.2) is 0 Å². The van der Waals surface area contributed by atoms with Gasteiger partial charge in [-0.05, 0) is 70.9 Å². The highest BCUT2D eigenvalue weighted by Crippen LogP contribution is 2.64. The van der Waals surface area contributed by atoms with Gasteiger partial charge in [-0.3, -0.25) is 9.59 Å². The molecule has 252 valence electrons. The molecule has 7 heteroatoms. The van der Waals surface area contributed by atoms with Gasteiger partial charge in [-0.15, -0.1) is 5.54 Å². The first-order valence-electron chi connectivity index (χ1n) is 16.9. The van der Waals surface area contributed by atoms with Gasteiger partial charge >= 0.3 is 5.97 Å². The van der Waals surface area contributed by atoms with Crippen LogP contribution < -0.4 is 0 Å².